The molecule has 0 aromatic carbocycles. The Balaban J connectivity index is 5.23. The zero-order valence-corrected chi connectivity index (χ0v) is 11.9. The van der Waals surface area contributed by atoms with Crippen LogP contribution >= 0.6 is 31.9 Å². The highest BCUT2D eigenvalue weighted by Gasteiger charge is 2.47. The Morgan fingerprint density at radius 3 is 1.54 bits per heavy atom. The van der Waals surface area contributed by atoms with Gasteiger partial charge in [0.25, 0.3) is 0 Å². The van der Waals surface area contributed by atoms with Crippen LogP contribution < -0.4 is 0 Å². The van der Waals surface area contributed by atoms with E-state index in [1.54, 1.807) is 20.8 Å². The second kappa shape index (κ2) is 3.62. The number of hydrogen-bond acceptors (Lipinski definition) is 3. The van der Waals surface area contributed by atoms with E-state index in [2.05, 4.69) is 31.9 Å². The van der Waals surface area contributed by atoms with Gasteiger partial charge < -0.3 is 0 Å². The van der Waals surface area contributed by atoms with Gasteiger partial charge in [0.1, 0.15) is 0 Å². The molecule has 0 saturated heterocycles. The fourth-order valence-electron chi connectivity index (χ4n) is 0.605. The predicted octanol–water partition coefficient (Wildman–Crippen LogP) is 2.09. The molecule has 0 rings (SSSR count). The van der Waals surface area contributed by atoms with E-state index in [1.165, 1.54) is 0 Å². The van der Waals surface area contributed by atoms with Gasteiger partial charge in [-0.2, -0.15) is 0 Å². The molecular weight excluding hydrogens is 324 g/mol. The summed E-state index contributed by atoms with van der Waals surface area (Å²) in [5.74, 6) is -0.414. The third kappa shape index (κ3) is 3.02. The largest absolute Gasteiger partial charge is 0.295 e. The molecule has 6 heteroatoms. The van der Waals surface area contributed by atoms with Crippen LogP contribution in [0.2, 0.25) is 0 Å². The van der Waals surface area contributed by atoms with Crippen molar-refractivity contribution in [1.29, 1.82) is 0 Å². The number of sulfone groups is 1. The van der Waals surface area contributed by atoms with Crippen LogP contribution in [0.4, 0.5) is 0 Å². The van der Waals surface area contributed by atoms with Crippen molar-refractivity contribution in [3.63, 3.8) is 0 Å². The van der Waals surface area contributed by atoms with Crippen LogP contribution in [0.1, 0.15) is 20.8 Å². The first-order valence-electron chi connectivity index (χ1n) is 3.53. The van der Waals surface area contributed by atoms with Crippen LogP contribution in [0.15, 0.2) is 0 Å². The minimum atomic E-state index is -3.50. The summed E-state index contributed by atoms with van der Waals surface area (Å²) in [4.78, 5) is 11.7. The smallest absolute Gasteiger partial charge is 0.238 e. The van der Waals surface area contributed by atoms with Crippen molar-refractivity contribution in [2.24, 2.45) is 5.41 Å². The summed E-state index contributed by atoms with van der Waals surface area (Å²) in [6, 6.07) is 0. The number of carbonyl (C=O) groups excluding carboxylic acids is 1. The lowest BCUT2D eigenvalue weighted by Gasteiger charge is -2.25. The Labute approximate surface area is 95.5 Å². The molecular formula is C7H12Br2O3S. The lowest BCUT2D eigenvalue weighted by atomic mass is 9.92. The van der Waals surface area contributed by atoms with Gasteiger partial charge in [0.05, 0.1) is 0 Å². The topological polar surface area (TPSA) is 51.2 Å². The molecule has 0 aromatic rings. The molecule has 0 spiro atoms. The number of ketones is 1. The van der Waals surface area contributed by atoms with Crippen LogP contribution in [-0.2, 0) is 14.6 Å². The van der Waals surface area contributed by atoms with Gasteiger partial charge in [-0.25, -0.2) is 8.42 Å². The van der Waals surface area contributed by atoms with Crippen molar-refractivity contribution in [1.82, 2.24) is 0 Å². The second-order valence-corrected chi connectivity index (χ2v) is 10.5. The lowest BCUT2D eigenvalue weighted by molar-refractivity contribution is -0.124. The summed E-state index contributed by atoms with van der Waals surface area (Å²) in [7, 11) is -3.50. The zero-order chi connectivity index (χ0) is 11.1. The van der Waals surface area contributed by atoms with E-state index in [0.717, 1.165) is 6.26 Å². The average molecular weight is 336 g/mol. The SMILES string of the molecule is CC(C)(C)C(=O)C(Br)(Br)S(C)(=O)=O. The normalized spacial score (nSPS) is 14.3. The average Bonchev–Trinajstić information content (AvgIpc) is 1.81. The zero-order valence-electron chi connectivity index (χ0n) is 7.89. The number of Topliss-reactive ketones (excluding diaryl/α,β-unsaturated/α-hetero) is 1. The Hall–Kier alpha value is 0.580. The molecule has 0 aromatic heterocycles. The highest BCUT2D eigenvalue weighted by atomic mass is 79.9. The van der Waals surface area contributed by atoms with Gasteiger partial charge in [-0.3, -0.25) is 4.79 Å². The number of carbonyl (C=O) groups is 1. The molecule has 0 aliphatic heterocycles. The predicted molar refractivity (Wildman–Crippen MR) is 59.9 cm³/mol. The third-order valence-corrected chi connectivity index (χ3v) is 6.78. The van der Waals surface area contributed by atoms with E-state index < -0.39 is 23.6 Å². The van der Waals surface area contributed by atoms with Crippen molar-refractivity contribution < 1.29 is 13.2 Å². The first-order chi connectivity index (χ1) is 5.40. The molecule has 0 fully saturated rings. The molecule has 0 aliphatic rings. The molecule has 0 atom stereocenters. The summed E-state index contributed by atoms with van der Waals surface area (Å²) in [6.45, 7) is 4.99. The van der Waals surface area contributed by atoms with Gasteiger partial charge in [0, 0.05) is 11.7 Å². The molecule has 0 amide bonds. The molecule has 0 aliphatic carbocycles. The van der Waals surface area contributed by atoms with Gasteiger partial charge in [-0.15, -0.1) is 0 Å². The summed E-state index contributed by atoms with van der Waals surface area (Å²) in [5.41, 5.74) is -0.712. The van der Waals surface area contributed by atoms with E-state index in [0.29, 0.717) is 0 Å². The summed E-state index contributed by atoms with van der Waals surface area (Å²) < 4.78 is 20.8. The quantitative estimate of drug-likeness (QED) is 0.726. The first-order valence-corrected chi connectivity index (χ1v) is 7.01. The van der Waals surface area contributed by atoms with Crippen LogP contribution in [0, 0.1) is 5.41 Å². The van der Waals surface area contributed by atoms with Gasteiger partial charge in [-0.1, -0.05) is 20.8 Å². The van der Waals surface area contributed by atoms with Crippen molar-refractivity contribution in [2.75, 3.05) is 6.26 Å². The third-order valence-electron chi connectivity index (χ3n) is 1.41. The molecule has 13 heavy (non-hydrogen) atoms. The lowest BCUT2D eigenvalue weighted by Crippen LogP contribution is -2.41. The van der Waals surface area contributed by atoms with Crippen LogP contribution in [0.5, 0.6) is 0 Å². The van der Waals surface area contributed by atoms with Crippen LogP contribution in [0.25, 0.3) is 0 Å². The van der Waals surface area contributed by atoms with E-state index in [-0.39, 0.29) is 0 Å². The first kappa shape index (κ1) is 13.6. The molecule has 0 bridgehead atoms. The van der Waals surface area contributed by atoms with E-state index in [9.17, 15) is 13.2 Å². The highest BCUT2D eigenvalue weighted by molar-refractivity contribution is 9.28. The maximum absolute atomic E-state index is 11.7. The van der Waals surface area contributed by atoms with Gasteiger partial charge in [-0.05, 0) is 31.9 Å². The number of rotatable bonds is 2. The Kier molecular flexibility index (Phi) is 3.78. The minimum absolute atomic E-state index is 0.414. The monoisotopic (exact) mass is 334 g/mol. The van der Waals surface area contributed by atoms with Crippen molar-refractivity contribution in [3.8, 4) is 0 Å². The summed E-state index contributed by atoms with van der Waals surface area (Å²) in [5, 5.41) is 0. The Bertz CT molecular complexity index is 311. The molecule has 0 unspecified atom stereocenters. The van der Waals surface area contributed by atoms with E-state index in [4.69, 9.17) is 0 Å². The van der Waals surface area contributed by atoms with Crippen LogP contribution in [-0.4, -0.2) is 23.0 Å². The van der Waals surface area contributed by atoms with E-state index in [1.807, 2.05) is 0 Å². The van der Waals surface area contributed by atoms with Crippen molar-refractivity contribution >= 4 is 47.5 Å². The summed E-state index contributed by atoms with van der Waals surface area (Å²) in [6.07, 6.45) is 1.00. The minimum Gasteiger partial charge on any atom is -0.295 e. The van der Waals surface area contributed by atoms with E-state index >= 15 is 0 Å². The number of alkyl halides is 2. The fourth-order valence-corrected chi connectivity index (χ4v) is 2.44. The standard InChI is InChI=1S/C7H12Br2O3S/c1-6(2,3)5(10)7(8,9)13(4,11)12/h1-4H3. The van der Waals surface area contributed by atoms with Gasteiger partial charge in [0.15, 0.2) is 15.6 Å². The molecule has 0 saturated carbocycles. The number of halogens is 2. The Morgan fingerprint density at radius 2 is 1.46 bits per heavy atom. The van der Waals surface area contributed by atoms with Crippen LogP contribution in [0.3, 0.4) is 0 Å². The highest BCUT2D eigenvalue weighted by Crippen LogP contribution is 2.39. The maximum Gasteiger partial charge on any atom is 0.238 e. The summed E-state index contributed by atoms with van der Waals surface area (Å²) >= 11 is 5.77. The van der Waals surface area contributed by atoms with Crippen molar-refractivity contribution in [2.45, 2.75) is 23.3 Å². The molecule has 0 radical (unpaired) electrons. The maximum atomic E-state index is 11.7. The van der Waals surface area contributed by atoms with Gasteiger partial charge >= 0.3 is 0 Å². The molecule has 0 N–H and O–H groups in total. The Morgan fingerprint density at radius 1 is 1.15 bits per heavy atom. The fraction of sp³-hybridized carbons (Fsp3) is 0.857. The molecule has 3 nitrogen and oxygen atoms in total. The molecule has 78 valence electrons. The second-order valence-electron chi connectivity index (χ2n) is 3.87. The molecule has 0 heterocycles. The number of hydrogen-bond donors (Lipinski definition) is 0. The van der Waals surface area contributed by atoms with Crippen molar-refractivity contribution in [3.05, 3.63) is 0 Å². The van der Waals surface area contributed by atoms with Gasteiger partial charge in [0.2, 0.25) is 2.57 Å².